The van der Waals surface area contributed by atoms with Gasteiger partial charge in [0, 0.05) is 25.9 Å². The van der Waals surface area contributed by atoms with E-state index in [-0.39, 0.29) is 42.0 Å². The molecule has 180 valence electrons. The number of amides is 2. The molecule has 1 saturated carbocycles. The van der Waals surface area contributed by atoms with Gasteiger partial charge in [-0.3, -0.25) is 9.59 Å². The lowest BCUT2D eigenvalue weighted by Crippen LogP contribution is -2.38. The van der Waals surface area contributed by atoms with Crippen molar-refractivity contribution in [1.82, 2.24) is 20.6 Å². The summed E-state index contributed by atoms with van der Waals surface area (Å²) in [6.45, 7) is 5.24. The summed E-state index contributed by atoms with van der Waals surface area (Å²) in [5, 5.41) is 10.1. The maximum atomic E-state index is 13.5. The normalized spacial score (nSPS) is 22.0. The van der Waals surface area contributed by atoms with Crippen LogP contribution in [0.25, 0.3) is 0 Å². The molecule has 1 aliphatic heterocycles. The van der Waals surface area contributed by atoms with Gasteiger partial charge < -0.3 is 15.5 Å². The van der Waals surface area contributed by atoms with Crippen molar-refractivity contribution in [2.24, 2.45) is 11.1 Å². The predicted octanol–water partition coefficient (Wildman–Crippen LogP) is 3.35. The number of aryl methyl sites for hydroxylation is 2. The van der Waals surface area contributed by atoms with E-state index in [9.17, 15) is 14.0 Å². The summed E-state index contributed by atoms with van der Waals surface area (Å²) in [5.41, 5.74) is 2.89. The Labute approximate surface area is 198 Å². The van der Waals surface area contributed by atoms with Crippen molar-refractivity contribution in [2.75, 3.05) is 0 Å². The maximum Gasteiger partial charge on any atom is 0.270 e. The molecule has 1 fully saturated rings. The molecular formula is C25H30FN5O3. The van der Waals surface area contributed by atoms with Gasteiger partial charge in [-0.2, -0.15) is 0 Å². The summed E-state index contributed by atoms with van der Waals surface area (Å²) in [4.78, 5) is 38.5. The largest absolute Gasteiger partial charge is 0.391 e. The summed E-state index contributed by atoms with van der Waals surface area (Å²) >= 11 is 0. The van der Waals surface area contributed by atoms with Crippen LogP contribution >= 0.6 is 0 Å². The third-order valence-electron chi connectivity index (χ3n) is 6.44. The minimum atomic E-state index is -0.332. The fraction of sp³-hybridized carbons (Fsp3) is 0.480. The average molecular weight is 468 g/mol. The predicted molar refractivity (Wildman–Crippen MR) is 125 cm³/mol. The van der Waals surface area contributed by atoms with Gasteiger partial charge in [0.05, 0.1) is 5.69 Å². The van der Waals surface area contributed by atoms with Crippen LogP contribution < -0.4 is 10.6 Å². The standard InChI is InChI=1S/C25H30FN5O3/c1-14-10-17(4-9-20(14)26)13-27-25(33)23-11-21(28-15(2)29-23)22-12-24(34-31-22)18-5-7-19(8-6-18)30-16(3)32/h4,9-11,18-19,24H,5-8,12-13H2,1-3H3,(H,27,33)(H,30,32)/t18?,19?,24-/m1/s1. The van der Waals surface area contributed by atoms with E-state index in [2.05, 4.69) is 25.8 Å². The van der Waals surface area contributed by atoms with Gasteiger partial charge in [-0.15, -0.1) is 0 Å². The summed E-state index contributed by atoms with van der Waals surface area (Å²) in [5.74, 6) is 0.252. The molecule has 2 heterocycles. The number of rotatable bonds is 6. The highest BCUT2D eigenvalue weighted by molar-refractivity contribution is 6.01. The van der Waals surface area contributed by atoms with Gasteiger partial charge >= 0.3 is 0 Å². The summed E-state index contributed by atoms with van der Waals surface area (Å²) < 4.78 is 13.5. The lowest BCUT2D eigenvalue weighted by Gasteiger charge is -2.31. The van der Waals surface area contributed by atoms with E-state index in [1.807, 2.05) is 0 Å². The number of carbonyl (C=O) groups excluding carboxylic acids is 2. The molecule has 2 aromatic rings. The molecule has 8 nitrogen and oxygen atoms in total. The van der Waals surface area contributed by atoms with Crippen molar-refractivity contribution in [3.8, 4) is 0 Å². The first-order valence-corrected chi connectivity index (χ1v) is 11.7. The molecule has 1 atom stereocenters. The molecule has 2 aliphatic rings. The molecule has 1 aromatic carbocycles. The zero-order valence-corrected chi connectivity index (χ0v) is 19.7. The number of benzene rings is 1. The second-order valence-corrected chi connectivity index (χ2v) is 9.15. The quantitative estimate of drug-likeness (QED) is 0.678. The Hall–Kier alpha value is -3.36. The summed E-state index contributed by atoms with van der Waals surface area (Å²) in [6, 6.07) is 6.62. The number of nitrogens with zero attached hydrogens (tertiary/aromatic N) is 3. The molecule has 9 heteroatoms. The van der Waals surface area contributed by atoms with Crippen molar-refractivity contribution >= 4 is 17.5 Å². The number of aromatic nitrogens is 2. The van der Waals surface area contributed by atoms with Crippen LogP contribution in [0.3, 0.4) is 0 Å². The van der Waals surface area contributed by atoms with Crippen LogP contribution in [0.4, 0.5) is 4.39 Å². The average Bonchev–Trinajstić information content (AvgIpc) is 3.30. The fourth-order valence-electron chi connectivity index (χ4n) is 4.64. The topological polar surface area (TPSA) is 106 Å². The van der Waals surface area contributed by atoms with Crippen molar-refractivity contribution < 1.29 is 18.8 Å². The fourth-order valence-corrected chi connectivity index (χ4v) is 4.64. The molecule has 4 rings (SSSR count). The molecule has 0 spiro atoms. The highest BCUT2D eigenvalue weighted by atomic mass is 19.1. The number of oxime groups is 1. The minimum Gasteiger partial charge on any atom is -0.391 e. The van der Waals surface area contributed by atoms with Crippen LogP contribution in [0.15, 0.2) is 29.4 Å². The Morgan fingerprint density at radius 2 is 1.88 bits per heavy atom. The smallest absolute Gasteiger partial charge is 0.270 e. The van der Waals surface area contributed by atoms with Crippen LogP contribution in [0.1, 0.15) is 72.2 Å². The number of hydrogen-bond acceptors (Lipinski definition) is 6. The van der Waals surface area contributed by atoms with Crippen LogP contribution in [0.2, 0.25) is 0 Å². The van der Waals surface area contributed by atoms with Gasteiger partial charge in [-0.1, -0.05) is 17.3 Å². The summed E-state index contributed by atoms with van der Waals surface area (Å²) in [6.07, 6.45) is 4.41. The van der Waals surface area contributed by atoms with Crippen molar-refractivity contribution in [1.29, 1.82) is 0 Å². The van der Waals surface area contributed by atoms with E-state index < -0.39 is 0 Å². The zero-order chi connectivity index (χ0) is 24.2. The molecule has 34 heavy (non-hydrogen) atoms. The SMILES string of the molecule is CC(=O)NC1CCC([C@H]2CC(c3cc(C(=O)NCc4ccc(F)c(C)c4)nc(C)n3)=NO2)CC1. The number of carbonyl (C=O) groups is 2. The Kier molecular flexibility index (Phi) is 7.19. The molecule has 2 N–H and O–H groups in total. The van der Waals surface area contributed by atoms with Crippen LogP contribution in [-0.2, 0) is 16.2 Å². The van der Waals surface area contributed by atoms with Gasteiger partial charge in [0.15, 0.2) is 0 Å². The maximum absolute atomic E-state index is 13.5. The highest BCUT2D eigenvalue weighted by Crippen LogP contribution is 2.33. The van der Waals surface area contributed by atoms with E-state index in [4.69, 9.17) is 4.84 Å². The second-order valence-electron chi connectivity index (χ2n) is 9.15. The molecule has 0 saturated heterocycles. The van der Waals surface area contributed by atoms with Crippen LogP contribution in [0, 0.1) is 25.6 Å². The Morgan fingerprint density at radius 1 is 1.12 bits per heavy atom. The van der Waals surface area contributed by atoms with Gasteiger partial charge in [-0.05, 0) is 68.7 Å². The minimum absolute atomic E-state index is 0.0120. The van der Waals surface area contributed by atoms with E-state index in [1.54, 1.807) is 39.0 Å². The lowest BCUT2D eigenvalue weighted by molar-refractivity contribution is -0.120. The second kappa shape index (κ2) is 10.3. The molecule has 0 radical (unpaired) electrons. The van der Waals surface area contributed by atoms with Gasteiger partial charge in [0.2, 0.25) is 5.91 Å². The number of hydrogen-bond donors (Lipinski definition) is 2. The monoisotopic (exact) mass is 467 g/mol. The van der Waals surface area contributed by atoms with E-state index in [1.165, 1.54) is 6.07 Å². The van der Waals surface area contributed by atoms with E-state index in [0.29, 0.717) is 35.1 Å². The highest BCUT2D eigenvalue weighted by Gasteiger charge is 2.34. The molecule has 1 aliphatic carbocycles. The number of nitrogens with one attached hydrogen (secondary N) is 2. The zero-order valence-electron chi connectivity index (χ0n) is 19.7. The first kappa shape index (κ1) is 23.8. The Balaban J connectivity index is 1.36. The van der Waals surface area contributed by atoms with Crippen LogP contribution in [-0.4, -0.2) is 39.6 Å². The Bertz CT molecular complexity index is 1110. The molecule has 0 unspecified atom stereocenters. The lowest BCUT2D eigenvalue weighted by atomic mass is 9.81. The molecule has 0 bridgehead atoms. The first-order chi connectivity index (χ1) is 16.3. The third kappa shape index (κ3) is 5.76. The van der Waals surface area contributed by atoms with Crippen molar-refractivity contribution in [3.63, 3.8) is 0 Å². The Morgan fingerprint density at radius 3 is 2.59 bits per heavy atom. The van der Waals surface area contributed by atoms with Gasteiger partial charge in [0.1, 0.15) is 29.2 Å². The van der Waals surface area contributed by atoms with E-state index >= 15 is 0 Å². The van der Waals surface area contributed by atoms with Crippen LogP contribution in [0.5, 0.6) is 0 Å². The van der Waals surface area contributed by atoms with Gasteiger partial charge in [-0.25, -0.2) is 14.4 Å². The van der Waals surface area contributed by atoms with Crippen molar-refractivity contribution in [2.45, 2.75) is 71.6 Å². The first-order valence-electron chi connectivity index (χ1n) is 11.7. The van der Waals surface area contributed by atoms with Gasteiger partial charge in [0.25, 0.3) is 5.91 Å². The molecule has 2 amide bonds. The van der Waals surface area contributed by atoms with E-state index in [0.717, 1.165) is 31.2 Å². The number of halogens is 1. The molecule has 1 aromatic heterocycles. The molecular weight excluding hydrogens is 437 g/mol. The third-order valence-corrected chi connectivity index (χ3v) is 6.44. The summed E-state index contributed by atoms with van der Waals surface area (Å²) in [7, 11) is 0. The van der Waals surface area contributed by atoms with Crippen molar-refractivity contribution in [3.05, 3.63) is 58.4 Å².